The maximum atomic E-state index is 2.55. The van der Waals surface area contributed by atoms with Crippen LogP contribution in [-0.2, 0) is 18.3 Å². The summed E-state index contributed by atoms with van der Waals surface area (Å²) >= 11 is 0. The maximum absolute atomic E-state index is 2.55. The summed E-state index contributed by atoms with van der Waals surface area (Å²) < 4.78 is 0. The third kappa shape index (κ3) is 1.82. The molecule has 92 valence electrons. The molecule has 0 saturated heterocycles. The Hall–Kier alpha value is -0.780. The van der Waals surface area contributed by atoms with Crippen LogP contribution in [0.4, 0.5) is 0 Å². The Morgan fingerprint density at radius 1 is 1.12 bits per heavy atom. The quantitative estimate of drug-likeness (QED) is 0.656. The zero-order valence-corrected chi connectivity index (χ0v) is 11.7. The van der Waals surface area contributed by atoms with Crippen molar-refractivity contribution < 1.29 is 0 Å². The molecule has 2 aliphatic carbocycles. The van der Waals surface area contributed by atoms with Gasteiger partial charge in [-0.2, -0.15) is 0 Å². The molecule has 0 nitrogen and oxygen atoms in total. The van der Waals surface area contributed by atoms with Gasteiger partial charge in [-0.15, -0.1) is 0 Å². The molecule has 0 N–H and O–H groups in total. The average molecular weight is 228 g/mol. The summed E-state index contributed by atoms with van der Waals surface area (Å²) in [5.41, 5.74) is 8.64. The van der Waals surface area contributed by atoms with Crippen LogP contribution < -0.4 is 0 Å². The van der Waals surface area contributed by atoms with Gasteiger partial charge in [0.25, 0.3) is 0 Å². The summed E-state index contributed by atoms with van der Waals surface area (Å²) in [6, 6.07) is 2.55. The van der Waals surface area contributed by atoms with Crippen LogP contribution in [0, 0.1) is 6.92 Å². The number of benzene rings is 1. The third-order valence-electron chi connectivity index (χ3n) is 4.47. The predicted molar refractivity (Wildman–Crippen MR) is 73.9 cm³/mol. The molecule has 0 amide bonds. The fraction of sp³-hybridized carbons (Fsp3) is 0.647. The van der Waals surface area contributed by atoms with E-state index in [1.54, 1.807) is 27.8 Å². The van der Waals surface area contributed by atoms with Gasteiger partial charge in [-0.3, -0.25) is 0 Å². The lowest BCUT2D eigenvalue weighted by Gasteiger charge is -2.27. The van der Waals surface area contributed by atoms with E-state index in [0.29, 0.717) is 5.41 Å². The van der Waals surface area contributed by atoms with Crippen LogP contribution in [0.1, 0.15) is 73.8 Å². The molecular weight excluding hydrogens is 204 g/mol. The summed E-state index contributed by atoms with van der Waals surface area (Å²) in [7, 11) is 0. The molecule has 0 unspecified atom stereocenters. The highest BCUT2D eigenvalue weighted by molar-refractivity contribution is 5.52. The SMILES string of the molecule is Cc1c(C2CC2)cc2c(c1C(C)(C)C)CCC2. The van der Waals surface area contributed by atoms with Crippen molar-refractivity contribution in [2.45, 2.75) is 71.1 Å². The number of aryl methyl sites for hydroxylation is 1. The van der Waals surface area contributed by atoms with Crippen molar-refractivity contribution in [1.82, 2.24) is 0 Å². The zero-order valence-electron chi connectivity index (χ0n) is 11.7. The van der Waals surface area contributed by atoms with Gasteiger partial charge in [-0.25, -0.2) is 0 Å². The van der Waals surface area contributed by atoms with Gasteiger partial charge in [0.05, 0.1) is 0 Å². The molecule has 2 aliphatic rings. The van der Waals surface area contributed by atoms with Crippen LogP contribution >= 0.6 is 0 Å². The van der Waals surface area contributed by atoms with Gasteiger partial charge in [0.1, 0.15) is 0 Å². The van der Waals surface area contributed by atoms with E-state index in [1.165, 1.54) is 32.1 Å². The van der Waals surface area contributed by atoms with E-state index in [-0.39, 0.29) is 0 Å². The minimum Gasteiger partial charge on any atom is -0.0561 e. The highest BCUT2D eigenvalue weighted by atomic mass is 14.4. The van der Waals surface area contributed by atoms with Crippen molar-refractivity contribution >= 4 is 0 Å². The minimum absolute atomic E-state index is 0.309. The fourth-order valence-corrected chi connectivity index (χ4v) is 3.71. The summed E-state index contributed by atoms with van der Waals surface area (Å²) in [6.07, 6.45) is 6.84. The standard InChI is InChI=1S/C17H24/c1-11-15(12-8-9-12)10-13-6-5-7-14(13)16(11)17(2,3)4/h10,12H,5-9H2,1-4H3. The van der Waals surface area contributed by atoms with Crippen molar-refractivity contribution in [1.29, 1.82) is 0 Å². The van der Waals surface area contributed by atoms with Crippen LogP contribution in [0.3, 0.4) is 0 Å². The molecule has 1 fully saturated rings. The summed E-state index contributed by atoms with van der Waals surface area (Å²) in [5, 5.41) is 0. The molecule has 3 rings (SSSR count). The highest BCUT2D eigenvalue weighted by Crippen LogP contribution is 2.46. The van der Waals surface area contributed by atoms with Gasteiger partial charge in [-0.1, -0.05) is 26.8 Å². The molecule has 0 spiro atoms. The van der Waals surface area contributed by atoms with Crippen molar-refractivity contribution in [3.63, 3.8) is 0 Å². The van der Waals surface area contributed by atoms with E-state index in [2.05, 4.69) is 33.8 Å². The second kappa shape index (κ2) is 3.60. The predicted octanol–water partition coefficient (Wildman–Crippen LogP) is 4.66. The van der Waals surface area contributed by atoms with Crippen LogP contribution in [0.5, 0.6) is 0 Å². The smallest absolute Gasteiger partial charge is 0.0126 e. The molecule has 17 heavy (non-hydrogen) atoms. The van der Waals surface area contributed by atoms with Gasteiger partial charge in [0.2, 0.25) is 0 Å². The van der Waals surface area contributed by atoms with E-state index in [1.807, 2.05) is 0 Å². The van der Waals surface area contributed by atoms with E-state index in [9.17, 15) is 0 Å². The van der Waals surface area contributed by atoms with E-state index >= 15 is 0 Å². The Balaban J connectivity index is 2.23. The molecule has 1 aromatic carbocycles. The average Bonchev–Trinajstić information content (AvgIpc) is 2.95. The molecule has 0 radical (unpaired) electrons. The lowest BCUT2D eigenvalue weighted by Crippen LogP contribution is -2.17. The van der Waals surface area contributed by atoms with Crippen LogP contribution in [0.15, 0.2) is 6.07 Å². The first-order chi connectivity index (χ1) is 7.98. The van der Waals surface area contributed by atoms with Crippen molar-refractivity contribution in [2.75, 3.05) is 0 Å². The van der Waals surface area contributed by atoms with Gasteiger partial charge in [-0.05, 0) is 78.2 Å². The molecule has 0 heteroatoms. The number of hydrogen-bond donors (Lipinski definition) is 0. The second-order valence-corrected chi connectivity index (χ2v) is 6.98. The van der Waals surface area contributed by atoms with Crippen molar-refractivity contribution in [3.8, 4) is 0 Å². The highest BCUT2D eigenvalue weighted by Gasteiger charge is 2.32. The Bertz CT molecular complexity index is 456. The Morgan fingerprint density at radius 3 is 2.41 bits per heavy atom. The number of fused-ring (bicyclic) bond motifs is 1. The Morgan fingerprint density at radius 2 is 1.82 bits per heavy atom. The van der Waals surface area contributed by atoms with Crippen molar-refractivity contribution in [3.05, 3.63) is 33.9 Å². The lowest BCUT2D eigenvalue weighted by molar-refractivity contribution is 0.578. The first-order valence-electron chi connectivity index (χ1n) is 7.14. The summed E-state index contributed by atoms with van der Waals surface area (Å²) in [6.45, 7) is 9.51. The normalized spacial score (nSPS) is 19.5. The topological polar surface area (TPSA) is 0 Å². The van der Waals surface area contributed by atoms with Crippen LogP contribution in [0.25, 0.3) is 0 Å². The van der Waals surface area contributed by atoms with Gasteiger partial charge in [0.15, 0.2) is 0 Å². The Kier molecular flexibility index (Phi) is 2.40. The van der Waals surface area contributed by atoms with Gasteiger partial charge >= 0.3 is 0 Å². The van der Waals surface area contributed by atoms with E-state index in [4.69, 9.17) is 0 Å². The molecule has 1 aromatic rings. The monoisotopic (exact) mass is 228 g/mol. The maximum Gasteiger partial charge on any atom is -0.0126 e. The third-order valence-corrected chi connectivity index (χ3v) is 4.47. The van der Waals surface area contributed by atoms with E-state index < -0.39 is 0 Å². The molecular formula is C17H24. The summed E-state index contributed by atoms with van der Waals surface area (Å²) in [4.78, 5) is 0. The molecule has 0 bridgehead atoms. The minimum atomic E-state index is 0.309. The lowest BCUT2D eigenvalue weighted by atomic mass is 9.77. The number of rotatable bonds is 1. The van der Waals surface area contributed by atoms with Crippen LogP contribution in [0.2, 0.25) is 0 Å². The molecule has 1 saturated carbocycles. The zero-order chi connectivity index (χ0) is 12.2. The van der Waals surface area contributed by atoms with E-state index in [0.717, 1.165) is 5.92 Å². The summed E-state index contributed by atoms with van der Waals surface area (Å²) in [5.74, 6) is 0.891. The Labute approximate surface area is 105 Å². The first-order valence-corrected chi connectivity index (χ1v) is 7.14. The van der Waals surface area contributed by atoms with Crippen LogP contribution in [-0.4, -0.2) is 0 Å². The molecule has 0 aliphatic heterocycles. The number of hydrogen-bond acceptors (Lipinski definition) is 0. The van der Waals surface area contributed by atoms with Gasteiger partial charge < -0.3 is 0 Å². The fourth-order valence-electron chi connectivity index (χ4n) is 3.71. The first kappa shape index (κ1) is 11.3. The molecule has 0 aromatic heterocycles. The largest absolute Gasteiger partial charge is 0.0561 e. The van der Waals surface area contributed by atoms with Crippen molar-refractivity contribution in [2.24, 2.45) is 0 Å². The second-order valence-electron chi connectivity index (χ2n) is 6.98. The molecule has 0 atom stereocenters. The van der Waals surface area contributed by atoms with Gasteiger partial charge in [0, 0.05) is 0 Å². The molecule has 0 heterocycles.